The molecule has 186 valence electrons. The fourth-order valence-corrected chi connectivity index (χ4v) is 4.73. The van der Waals surface area contributed by atoms with Gasteiger partial charge in [0.05, 0.1) is 5.56 Å². The minimum Gasteiger partial charge on any atom is -0.476 e. The number of rotatable bonds is 5. The molecule has 3 aromatic heterocycles. The SMILES string of the molecule is O=C(Nc1ccc(C(F)(F)F)cc1)Nc1cccc(-c2nn3c(C(=O)O)csc3c2-c2ccncc2)c1. The summed E-state index contributed by atoms with van der Waals surface area (Å²) in [6.45, 7) is 0. The van der Waals surface area contributed by atoms with E-state index < -0.39 is 23.7 Å². The molecule has 5 aromatic rings. The van der Waals surface area contributed by atoms with Crippen molar-refractivity contribution in [1.82, 2.24) is 14.6 Å². The lowest BCUT2D eigenvalue weighted by atomic mass is 10.0. The Morgan fingerprint density at radius 3 is 2.30 bits per heavy atom. The molecule has 0 aliphatic carbocycles. The van der Waals surface area contributed by atoms with E-state index in [2.05, 4.69) is 20.7 Å². The number of urea groups is 1. The number of thiazole rings is 1. The smallest absolute Gasteiger partial charge is 0.416 e. The first-order chi connectivity index (χ1) is 17.7. The Bertz CT molecular complexity index is 1610. The second-order valence-electron chi connectivity index (χ2n) is 7.84. The van der Waals surface area contributed by atoms with Gasteiger partial charge in [-0.25, -0.2) is 14.1 Å². The molecule has 3 N–H and O–H groups in total. The average molecular weight is 523 g/mol. The van der Waals surface area contributed by atoms with Gasteiger partial charge in [-0.2, -0.15) is 18.3 Å². The second kappa shape index (κ2) is 9.39. The first kappa shape index (κ1) is 24.0. The first-order valence-electron chi connectivity index (χ1n) is 10.7. The number of aromatic nitrogens is 3. The quantitative estimate of drug-likeness (QED) is 0.244. The summed E-state index contributed by atoms with van der Waals surface area (Å²) in [6, 6.07) is 13.8. The number of halogens is 3. The zero-order valence-corrected chi connectivity index (χ0v) is 19.5. The number of alkyl halides is 3. The standard InChI is InChI=1S/C25H16F3N5O3S/c26-25(27,28)16-4-6-17(7-5-16)30-24(36)31-18-3-1-2-15(12-18)21-20(14-8-10-29-11-9-14)22-33(32-21)19(13-37-22)23(34)35/h1-13H,(H,34,35)(H2,30,31,36). The zero-order chi connectivity index (χ0) is 26.2. The number of pyridine rings is 1. The number of benzene rings is 2. The fourth-order valence-electron chi connectivity index (χ4n) is 3.74. The fraction of sp³-hybridized carbons (Fsp3) is 0.0400. The van der Waals surface area contributed by atoms with Crippen LogP contribution in [0.3, 0.4) is 0 Å². The van der Waals surface area contributed by atoms with Gasteiger partial charge in [-0.15, -0.1) is 11.3 Å². The Hall–Kier alpha value is -4.71. The van der Waals surface area contributed by atoms with Gasteiger partial charge in [0.2, 0.25) is 0 Å². The summed E-state index contributed by atoms with van der Waals surface area (Å²) in [5.41, 5.74) is 2.42. The minimum atomic E-state index is -4.47. The molecule has 0 aliphatic rings. The van der Waals surface area contributed by atoms with Crippen molar-refractivity contribution in [2.45, 2.75) is 6.18 Å². The lowest BCUT2D eigenvalue weighted by Gasteiger charge is -2.11. The molecule has 0 bridgehead atoms. The third kappa shape index (κ3) is 4.86. The Morgan fingerprint density at radius 1 is 0.919 bits per heavy atom. The van der Waals surface area contributed by atoms with Crippen molar-refractivity contribution in [2.24, 2.45) is 0 Å². The predicted molar refractivity (Wildman–Crippen MR) is 133 cm³/mol. The molecule has 0 atom stereocenters. The van der Waals surface area contributed by atoms with Crippen molar-refractivity contribution >= 4 is 39.5 Å². The molecule has 5 rings (SSSR count). The highest BCUT2D eigenvalue weighted by atomic mass is 32.1. The summed E-state index contributed by atoms with van der Waals surface area (Å²) < 4.78 is 39.6. The molecule has 0 fully saturated rings. The molecule has 12 heteroatoms. The highest BCUT2D eigenvalue weighted by molar-refractivity contribution is 7.16. The van der Waals surface area contributed by atoms with Gasteiger partial charge >= 0.3 is 18.2 Å². The number of carboxylic acid groups (broad SMARTS) is 1. The van der Waals surface area contributed by atoms with Gasteiger partial charge in [-0.1, -0.05) is 12.1 Å². The van der Waals surface area contributed by atoms with Gasteiger partial charge in [-0.3, -0.25) is 4.98 Å². The largest absolute Gasteiger partial charge is 0.476 e. The number of aromatic carboxylic acids is 1. The molecule has 0 saturated carbocycles. The number of nitrogens with one attached hydrogen (secondary N) is 2. The van der Waals surface area contributed by atoms with Crippen LogP contribution in [-0.4, -0.2) is 31.7 Å². The first-order valence-corrected chi connectivity index (χ1v) is 11.6. The van der Waals surface area contributed by atoms with E-state index in [1.807, 2.05) is 0 Å². The molecule has 2 amide bonds. The van der Waals surface area contributed by atoms with Crippen molar-refractivity contribution in [2.75, 3.05) is 10.6 Å². The van der Waals surface area contributed by atoms with Crippen molar-refractivity contribution in [3.05, 3.63) is 89.7 Å². The van der Waals surface area contributed by atoms with Crippen LogP contribution in [-0.2, 0) is 6.18 Å². The molecule has 0 aliphatic heterocycles. The van der Waals surface area contributed by atoms with E-state index in [-0.39, 0.29) is 11.4 Å². The lowest BCUT2D eigenvalue weighted by molar-refractivity contribution is -0.137. The summed E-state index contributed by atoms with van der Waals surface area (Å²) in [4.78, 5) is 28.8. The van der Waals surface area contributed by atoms with Crippen LogP contribution < -0.4 is 10.6 Å². The van der Waals surface area contributed by atoms with E-state index in [4.69, 9.17) is 0 Å². The summed E-state index contributed by atoms with van der Waals surface area (Å²) in [5, 5.41) is 20.8. The highest BCUT2D eigenvalue weighted by Gasteiger charge is 2.30. The van der Waals surface area contributed by atoms with Gasteiger partial charge in [0.1, 0.15) is 10.5 Å². The molecule has 0 unspecified atom stereocenters. The minimum absolute atomic E-state index is 0.0201. The number of anilines is 2. The normalized spacial score (nSPS) is 11.4. The van der Waals surface area contributed by atoms with E-state index in [1.54, 1.807) is 48.8 Å². The Kier molecular flexibility index (Phi) is 6.09. The van der Waals surface area contributed by atoms with E-state index in [1.165, 1.54) is 21.2 Å². The Labute approximate surface area is 211 Å². The molecular formula is C25H16F3N5O3S. The number of amides is 2. The predicted octanol–water partition coefficient (Wildman–Crippen LogP) is 6.49. The highest BCUT2D eigenvalue weighted by Crippen LogP contribution is 2.38. The number of hydrogen-bond acceptors (Lipinski definition) is 5. The Morgan fingerprint density at radius 2 is 1.62 bits per heavy atom. The average Bonchev–Trinajstić information content (AvgIpc) is 3.44. The van der Waals surface area contributed by atoms with E-state index in [0.29, 0.717) is 27.3 Å². The molecule has 8 nitrogen and oxygen atoms in total. The molecule has 37 heavy (non-hydrogen) atoms. The van der Waals surface area contributed by atoms with Gasteiger partial charge in [0.15, 0.2) is 5.69 Å². The van der Waals surface area contributed by atoms with Crippen LogP contribution in [0, 0.1) is 0 Å². The number of carboxylic acids is 1. The van der Waals surface area contributed by atoms with Crippen LogP contribution in [0.1, 0.15) is 16.1 Å². The van der Waals surface area contributed by atoms with Crippen LogP contribution in [0.5, 0.6) is 0 Å². The summed E-state index contributed by atoms with van der Waals surface area (Å²) in [5.74, 6) is -1.11. The number of nitrogens with zero attached hydrogens (tertiary/aromatic N) is 3. The second-order valence-corrected chi connectivity index (χ2v) is 8.70. The van der Waals surface area contributed by atoms with Gasteiger partial charge < -0.3 is 15.7 Å². The van der Waals surface area contributed by atoms with Crippen molar-refractivity contribution < 1.29 is 27.9 Å². The third-order valence-corrected chi connectivity index (χ3v) is 6.35. The van der Waals surface area contributed by atoms with Crippen molar-refractivity contribution in [1.29, 1.82) is 0 Å². The molecule has 3 heterocycles. The number of carbonyl (C=O) groups is 2. The molecule has 2 aromatic carbocycles. The molecular weight excluding hydrogens is 507 g/mol. The van der Waals surface area contributed by atoms with Crippen molar-refractivity contribution in [3.63, 3.8) is 0 Å². The lowest BCUT2D eigenvalue weighted by Crippen LogP contribution is -2.19. The number of hydrogen-bond donors (Lipinski definition) is 3. The van der Waals surface area contributed by atoms with Crippen LogP contribution in [0.15, 0.2) is 78.4 Å². The molecule has 0 radical (unpaired) electrons. The van der Waals surface area contributed by atoms with E-state index in [9.17, 15) is 27.9 Å². The monoisotopic (exact) mass is 523 g/mol. The summed E-state index contributed by atoms with van der Waals surface area (Å²) >= 11 is 1.25. The van der Waals surface area contributed by atoms with Crippen LogP contribution in [0.2, 0.25) is 0 Å². The van der Waals surface area contributed by atoms with Crippen LogP contribution >= 0.6 is 11.3 Å². The van der Waals surface area contributed by atoms with Crippen LogP contribution in [0.4, 0.5) is 29.3 Å². The number of carbonyl (C=O) groups excluding carboxylic acids is 1. The van der Waals surface area contributed by atoms with Gasteiger partial charge in [-0.05, 0) is 54.1 Å². The topological polar surface area (TPSA) is 109 Å². The Balaban J connectivity index is 1.45. The van der Waals surface area contributed by atoms with E-state index in [0.717, 1.165) is 29.8 Å². The van der Waals surface area contributed by atoms with Crippen molar-refractivity contribution in [3.8, 4) is 22.4 Å². The van der Waals surface area contributed by atoms with E-state index >= 15 is 0 Å². The van der Waals surface area contributed by atoms with Crippen LogP contribution in [0.25, 0.3) is 27.2 Å². The maximum atomic E-state index is 12.8. The zero-order valence-electron chi connectivity index (χ0n) is 18.7. The molecule has 0 saturated heterocycles. The third-order valence-electron chi connectivity index (χ3n) is 5.41. The van der Waals surface area contributed by atoms with Gasteiger partial charge in [0, 0.05) is 40.3 Å². The number of fused-ring (bicyclic) bond motifs is 1. The molecule has 0 spiro atoms. The van der Waals surface area contributed by atoms with Gasteiger partial charge in [0.25, 0.3) is 0 Å². The summed E-state index contributed by atoms with van der Waals surface area (Å²) in [6.07, 6.45) is -1.22. The maximum absolute atomic E-state index is 12.8. The maximum Gasteiger partial charge on any atom is 0.416 e. The summed E-state index contributed by atoms with van der Waals surface area (Å²) in [7, 11) is 0.